The van der Waals surface area contributed by atoms with E-state index < -0.39 is 5.97 Å². The molecule has 1 aromatic heterocycles. The van der Waals surface area contributed by atoms with E-state index in [4.69, 9.17) is 37.1 Å². The number of benzene rings is 2. The van der Waals surface area contributed by atoms with Crippen LogP contribution in [0.1, 0.15) is 17.3 Å². The highest BCUT2D eigenvalue weighted by molar-refractivity contribution is 7.99. The predicted molar refractivity (Wildman–Crippen MR) is 116 cm³/mol. The SMILES string of the molecule is CCOc1ccc(-c2nnc(SCC#CCOC(=O)c3ccc(Cl)cc3Cl)o2)cc1. The summed E-state index contributed by atoms with van der Waals surface area (Å²) >= 11 is 13.1. The van der Waals surface area contributed by atoms with Gasteiger partial charge in [0.1, 0.15) is 5.75 Å². The molecular formula is C21H16Cl2N2O4S. The van der Waals surface area contributed by atoms with Gasteiger partial charge in [-0.3, -0.25) is 0 Å². The van der Waals surface area contributed by atoms with Crippen LogP contribution >= 0.6 is 35.0 Å². The second-order valence-corrected chi connectivity index (χ2v) is 7.44. The molecule has 9 heteroatoms. The van der Waals surface area contributed by atoms with Gasteiger partial charge < -0.3 is 13.9 Å². The van der Waals surface area contributed by atoms with E-state index in [1.54, 1.807) is 6.07 Å². The highest BCUT2D eigenvalue weighted by Gasteiger charge is 2.11. The molecule has 3 rings (SSSR count). The Morgan fingerprint density at radius 3 is 2.67 bits per heavy atom. The maximum Gasteiger partial charge on any atom is 0.340 e. The quantitative estimate of drug-likeness (QED) is 0.264. The van der Waals surface area contributed by atoms with E-state index in [2.05, 4.69) is 22.0 Å². The van der Waals surface area contributed by atoms with Gasteiger partial charge in [0.05, 0.1) is 22.9 Å². The van der Waals surface area contributed by atoms with Crippen LogP contribution in [-0.4, -0.2) is 35.1 Å². The van der Waals surface area contributed by atoms with Gasteiger partial charge in [0.2, 0.25) is 5.89 Å². The van der Waals surface area contributed by atoms with Gasteiger partial charge in [-0.2, -0.15) is 0 Å². The van der Waals surface area contributed by atoms with Crippen LogP contribution in [0.5, 0.6) is 5.75 Å². The first-order valence-electron chi connectivity index (χ1n) is 8.84. The summed E-state index contributed by atoms with van der Waals surface area (Å²) in [5.74, 6) is 6.68. The molecule has 0 atom stereocenters. The number of hydrogen-bond acceptors (Lipinski definition) is 7. The third kappa shape index (κ3) is 6.17. The minimum Gasteiger partial charge on any atom is -0.494 e. The van der Waals surface area contributed by atoms with Gasteiger partial charge in [-0.25, -0.2) is 4.79 Å². The largest absolute Gasteiger partial charge is 0.494 e. The monoisotopic (exact) mass is 462 g/mol. The Labute approximate surface area is 187 Å². The first-order chi connectivity index (χ1) is 14.6. The second-order valence-electron chi connectivity index (χ2n) is 5.67. The van der Waals surface area contributed by atoms with Crippen LogP contribution in [-0.2, 0) is 4.74 Å². The van der Waals surface area contributed by atoms with E-state index in [0.717, 1.165) is 11.3 Å². The maximum atomic E-state index is 12.0. The fourth-order valence-corrected chi connectivity index (χ4v) is 3.30. The third-order valence-electron chi connectivity index (χ3n) is 3.64. The summed E-state index contributed by atoms with van der Waals surface area (Å²) in [5, 5.41) is 9.10. The molecule has 0 aliphatic carbocycles. The Kier molecular flexibility index (Phi) is 8.03. The first-order valence-corrected chi connectivity index (χ1v) is 10.6. The number of thioether (sulfide) groups is 1. The Morgan fingerprint density at radius 1 is 1.13 bits per heavy atom. The molecule has 0 saturated carbocycles. The van der Waals surface area contributed by atoms with Gasteiger partial charge in [0, 0.05) is 10.6 Å². The fraction of sp³-hybridized carbons (Fsp3) is 0.190. The molecule has 0 amide bonds. The number of rotatable bonds is 7. The zero-order valence-electron chi connectivity index (χ0n) is 15.9. The van der Waals surface area contributed by atoms with Crippen molar-refractivity contribution in [3.8, 4) is 29.0 Å². The lowest BCUT2D eigenvalue weighted by Crippen LogP contribution is -2.06. The molecule has 0 N–H and O–H groups in total. The molecular weight excluding hydrogens is 447 g/mol. The van der Waals surface area contributed by atoms with E-state index in [1.807, 2.05) is 31.2 Å². The molecule has 2 aromatic carbocycles. The first kappa shape index (κ1) is 22.0. The van der Waals surface area contributed by atoms with Crippen molar-refractivity contribution < 1.29 is 18.7 Å². The van der Waals surface area contributed by atoms with Crippen LogP contribution in [0.4, 0.5) is 0 Å². The summed E-state index contributed by atoms with van der Waals surface area (Å²) in [6, 6.07) is 12.0. The van der Waals surface area contributed by atoms with Gasteiger partial charge >= 0.3 is 5.97 Å². The van der Waals surface area contributed by atoms with Gasteiger partial charge in [-0.1, -0.05) is 46.8 Å². The molecule has 0 unspecified atom stereocenters. The Balaban J connectivity index is 1.45. The highest BCUT2D eigenvalue weighted by atomic mass is 35.5. The molecule has 30 heavy (non-hydrogen) atoms. The molecule has 0 fully saturated rings. The number of halogens is 2. The molecule has 0 saturated heterocycles. The minimum absolute atomic E-state index is 0.0559. The summed E-state index contributed by atoms with van der Waals surface area (Å²) in [6.45, 7) is 2.48. The number of esters is 1. The van der Waals surface area contributed by atoms with Crippen LogP contribution in [0.15, 0.2) is 52.1 Å². The zero-order valence-corrected chi connectivity index (χ0v) is 18.2. The van der Waals surface area contributed by atoms with E-state index in [9.17, 15) is 4.79 Å². The Hall–Kier alpha value is -2.66. The number of nitrogens with zero attached hydrogens (tertiary/aromatic N) is 2. The van der Waals surface area contributed by atoms with Crippen molar-refractivity contribution >= 4 is 40.9 Å². The number of ether oxygens (including phenoxy) is 2. The lowest BCUT2D eigenvalue weighted by Gasteiger charge is -2.03. The molecule has 6 nitrogen and oxygen atoms in total. The average molecular weight is 463 g/mol. The van der Waals surface area contributed by atoms with Crippen molar-refractivity contribution in [1.82, 2.24) is 10.2 Å². The maximum absolute atomic E-state index is 12.0. The second kappa shape index (κ2) is 10.9. The van der Waals surface area contributed by atoms with Gasteiger partial charge in [0.15, 0.2) is 6.61 Å². The normalized spacial score (nSPS) is 10.2. The highest BCUT2D eigenvalue weighted by Crippen LogP contribution is 2.25. The van der Waals surface area contributed by atoms with E-state index in [-0.39, 0.29) is 17.2 Å². The standard InChI is InChI=1S/C21H16Cl2N2O4S/c1-2-27-16-8-5-14(6-9-16)19-24-25-21(29-19)30-12-4-3-11-28-20(26)17-10-7-15(22)13-18(17)23/h5-10,13H,2,11-12H2,1H3. The fourth-order valence-electron chi connectivity index (χ4n) is 2.28. The van der Waals surface area contributed by atoms with Crippen molar-refractivity contribution in [3.05, 3.63) is 58.1 Å². The van der Waals surface area contributed by atoms with E-state index >= 15 is 0 Å². The van der Waals surface area contributed by atoms with E-state index in [1.165, 1.54) is 23.9 Å². The molecule has 1 heterocycles. The number of hydrogen-bond donors (Lipinski definition) is 0. The molecule has 0 bridgehead atoms. The molecule has 0 radical (unpaired) electrons. The zero-order chi connectivity index (χ0) is 21.3. The minimum atomic E-state index is -0.560. The van der Waals surface area contributed by atoms with Gasteiger partial charge in [-0.15, -0.1) is 10.2 Å². The van der Waals surface area contributed by atoms with Gasteiger partial charge in [0.25, 0.3) is 5.22 Å². The predicted octanol–water partition coefficient (Wildman–Crippen LogP) is 5.39. The summed E-state index contributed by atoms with van der Waals surface area (Å²) < 4.78 is 16.1. The van der Waals surface area contributed by atoms with Crippen LogP contribution < -0.4 is 4.74 Å². The molecule has 0 aliphatic rings. The number of carbonyl (C=O) groups is 1. The lowest BCUT2D eigenvalue weighted by atomic mass is 10.2. The Bertz CT molecular complexity index is 1070. The number of carbonyl (C=O) groups excluding carboxylic acids is 1. The van der Waals surface area contributed by atoms with E-state index in [0.29, 0.717) is 28.5 Å². The van der Waals surface area contributed by atoms with Crippen molar-refractivity contribution in [2.75, 3.05) is 19.0 Å². The Morgan fingerprint density at radius 2 is 1.93 bits per heavy atom. The average Bonchev–Trinajstić information content (AvgIpc) is 3.20. The third-order valence-corrected chi connectivity index (χ3v) is 4.89. The van der Waals surface area contributed by atoms with Crippen molar-refractivity contribution in [1.29, 1.82) is 0 Å². The summed E-state index contributed by atoms with van der Waals surface area (Å²) in [7, 11) is 0. The molecule has 0 aliphatic heterocycles. The van der Waals surface area contributed by atoms with Crippen molar-refractivity contribution in [3.63, 3.8) is 0 Å². The molecule has 0 spiro atoms. The van der Waals surface area contributed by atoms with Crippen LogP contribution in [0, 0.1) is 11.8 Å². The van der Waals surface area contributed by atoms with Crippen LogP contribution in [0.2, 0.25) is 10.0 Å². The number of aromatic nitrogens is 2. The smallest absolute Gasteiger partial charge is 0.340 e. The van der Waals surface area contributed by atoms with Crippen molar-refractivity contribution in [2.45, 2.75) is 12.1 Å². The topological polar surface area (TPSA) is 74.5 Å². The lowest BCUT2D eigenvalue weighted by molar-refractivity contribution is 0.0557. The van der Waals surface area contributed by atoms with Crippen LogP contribution in [0.3, 0.4) is 0 Å². The summed E-state index contributed by atoms with van der Waals surface area (Å²) in [5.41, 5.74) is 1.04. The molecule has 154 valence electrons. The van der Waals surface area contributed by atoms with Gasteiger partial charge in [-0.05, 0) is 49.4 Å². The molecule has 3 aromatic rings. The van der Waals surface area contributed by atoms with Crippen molar-refractivity contribution in [2.24, 2.45) is 0 Å². The van der Waals surface area contributed by atoms with Crippen LogP contribution in [0.25, 0.3) is 11.5 Å². The summed E-state index contributed by atoms with van der Waals surface area (Å²) in [6.07, 6.45) is 0. The summed E-state index contributed by atoms with van der Waals surface area (Å²) in [4.78, 5) is 12.0.